The van der Waals surface area contributed by atoms with Crippen LogP contribution >= 0.6 is 15.9 Å². The molecular formula is C16H22BrN3O2. The number of benzene rings is 1. The molecule has 0 radical (unpaired) electrons. The van der Waals surface area contributed by atoms with Gasteiger partial charge < -0.3 is 20.1 Å². The third kappa shape index (κ3) is 3.93. The lowest BCUT2D eigenvalue weighted by molar-refractivity contribution is 0.0992. The first-order valence-electron chi connectivity index (χ1n) is 7.75. The molecule has 120 valence electrons. The molecule has 2 aliphatic rings. The Kier molecular flexibility index (Phi) is 5.20. The highest BCUT2D eigenvalue weighted by Crippen LogP contribution is 2.34. The van der Waals surface area contributed by atoms with Gasteiger partial charge in [0.05, 0.1) is 24.8 Å². The van der Waals surface area contributed by atoms with Gasteiger partial charge in [-0.15, -0.1) is 0 Å². The molecule has 0 saturated carbocycles. The van der Waals surface area contributed by atoms with Crippen LogP contribution in [0.5, 0.6) is 5.75 Å². The molecule has 1 aromatic carbocycles. The zero-order chi connectivity index (χ0) is 15.4. The van der Waals surface area contributed by atoms with Crippen LogP contribution in [0.3, 0.4) is 0 Å². The summed E-state index contributed by atoms with van der Waals surface area (Å²) < 4.78 is 12.6. The number of fused-ring (bicyclic) bond motifs is 2. The fraction of sp³-hybridized carbons (Fsp3) is 0.562. The first-order valence-corrected chi connectivity index (χ1v) is 8.55. The number of guanidine groups is 1. The van der Waals surface area contributed by atoms with Gasteiger partial charge in [-0.3, -0.25) is 4.99 Å². The second-order valence-corrected chi connectivity index (χ2v) is 6.58. The van der Waals surface area contributed by atoms with Gasteiger partial charge in [-0.05, 0) is 37.5 Å². The van der Waals surface area contributed by atoms with Crippen molar-refractivity contribution in [3.63, 3.8) is 0 Å². The predicted octanol–water partition coefficient (Wildman–Crippen LogP) is 2.31. The Morgan fingerprint density at radius 3 is 3.05 bits per heavy atom. The highest BCUT2D eigenvalue weighted by atomic mass is 79.9. The molecule has 0 aromatic heterocycles. The summed E-state index contributed by atoms with van der Waals surface area (Å²) in [6, 6.07) is 8.23. The molecule has 5 nitrogen and oxygen atoms in total. The smallest absolute Gasteiger partial charge is 0.191 e. The number of aliphatic imine (C=N–C) groups is 1. The second-order valence-electron chi connectivity index (χ2n) is 5.67. The maximum absolute atomic E-state index is 5.85. The van der Waals surface area contributed by atoms with Gasteiger partial charge in [0.15, 0.2) is 5.96 Å². The largest absolute Gasteiger partial charge is 0.492 e. The van der Waals surface area contributed by atoms with E-state index in [0.29, 0.717) is 31.4 Å². The van der Waals surface area contributed by atoms with Gasteiger partial charge in [-0.2, -0.15) is 0 Å². The van der Waals surface area contributed by atoms with E-state index in [1.54, 1.807) is 7.05 Å². The summed E-state index contributed by atoms with van der Waals surface area (Å²) in [7, 11) is 1.79. The lowest BCUT2D eigenvalue weighted by Gasteiger charge is -2.22. The van der Waals surface area contributed by atoms with E-state index in [1.165, 1.54) is 6.42 Å². The van der Waals surface area contributed by atoms with Crippen molar-refractivity contribution in [1.82, 2.24) is 10.6 Å². The minimum atomic E-state index is 0.349. The number of nitrogens with zero attached hydrogens (tertiary/aromatic N) is 1. The number of ether oxygens (including phenoxy) is 2. The van der Waals surface area contributed by atoms with E-state index in [1.807, 2.05) is 24.3 Å². The van der Waals surface area contributed by atoms with E-state index in [-0.39, 0.29) is 0 Å². The van der Waals surface area contributed by atoms with Crippen LogP contribution in [-0.2, 0) is 4.74 Å². The third-order valence-electron chi connectivity index (χ3n) is 4.11. The van der Waals surface area contributed by atoms with Crippen LogP contribution in [0.15, 0.2) is 33.7 Å². The van der Waals surface area contributed by atoms with E-state index in [0.717, 1.165) is 29.0 Å². The van der Waals surface area contributed by atoms with E-state index in [2.05, 4.69) is 31.6 Å². The van der Waals surface area contributed by atoms with Crippen molar-refractivity contribution in [3.8, 4) is 5.75 Å². The van der Waals surface area contributed by atoms with Crippen LogP contribution in [0.4, 0.5) is 0 Å². The average Bonchev–Trinajstić information content (AvgIpc) is 3.13. The molecule has 0 aliphatic carbocycles. The van der Waals surface area contributed by atoms with Crippen molar-refractivity contribution >= 4 is 21.9 Å². The van der Waals surface area contributed by atoms with Gasteiger partial charge in [-0.25, -0.2) is 0 Å². The Bertz CT molecular complexity index is 538. The first-order chi connectivity index (χ1) is 10.7. The number of hydrogen-bond donors (Lipinski definition) is 2. The van der Waals surface area contributed by atoms with Crippen molar-refractivity contribution in [2.45, 2.75) is 37.5 Å². The molecule has 2 bridgehead atoms. The molecular weight excluding hydrogens is 346 g/mol. The Morgan fingerprint density at radius 2 is 2.36 bits per heavy atom. The third-order valence-corrected chi connectivity index (χ3v) is 4.60. The summed E-state index contributed by atoms with van der Waals surface area (Å²) >= 11 is 3.43. The summed E-state index contributed by atoms with van der Waals surface area (Å²) in [6.45, 7) is 1.29. The second kappa shape index (κ2) is 7.33. The minimum Gasteiger partial charge on any atom is -0.492 e. The Labute approximate surface area is 139 Å². The summed E-state index contributed by atoms with van der Waals surface area (Å²) in [5, 5.41) is 6.74. The molecule has 3 rings (SSSR count). The fourth-order valence-electron chi connectivity index (χ4n) is 3.06. The van der Waals surface area contributed by atoms with Crippen LogP contribution in [0, 0.1) is 0 Å². The van der Waals surface area contributed by atoms with Crippen LogP contribution in [0.1, 0.15) is 19.3 Å². The molecule has 2 saturated heterocycles. The molecule has 2 heterocycles. The molecule has 6 heteroatoms. The lowest BCUT2D eigenvalue weighted by atomic mass is 9.96. The predicted molar refractivity (Wildman–Crippen MR) is 90.4 cm³/mol. The van der Waals surface area contributed by atoms with Crippen LogP contribution < -0.4 is 15.4 Å². The van der Waals surface area contributed by atoms with Gasteiger partial charge in [0.2, 0.25) is 0 Å². The van der Waals surface area contributed by atoms with E-state index in [4.69, 9.17) is 9.47 Å². The molecule has 22 heavy (non-hydrogen) atoms. The summed E-state index contributed by atoms with van der Waals surface area (Å²) in [6.07, 6.45) is 4.24. The summed E-state index contributed by atoms with van der Waals surface area (Å²) in [5.41, 5.74) is 0. The topological polar surface area (TPSA) is 54.9 Å². The molecule has 3 atom stereocenters. The Morgan fingerprint density at radius 1 is 1.45 bits per heavy atom. The first kappa shape index (κ1) is 15.6. The van der Waals surface area contributed by atoms with Gasteiger partial charge in [0, 0.05) is 11.5 Å². The monoisotopic (exact) mass is 367 g/mol. The van der Waals surface area contributed by atoms with Crippen molar-refractivity contribution in [2.24, 2.45) is 4.99 Å². The van der Waals surface area contributed by atoms with Gasteiger partial charge in [-0.1, -0.05) is 22.0 Å². The van der Waals surface area contributed by atoms with E-state index < -0.39 is 0 Å². The zero-order valence-corrected chi connectivity index (χ0v) is 14.3. The van der Waals surface area contributed by atoms with Gasteiger partial charge in [0.25, 0.3) is 0 Å². The van der Waals surface area contributed by atoms with Crippen molar-refractivity contribution in [3.05, 3.63) is 28.7 Å². The van der Waals surface area contributed by atoms with Crippen molar-refractivity contribution < 1.29 is 9.47 Å². The highest BCUT2D eigenvalue weighted by Gasteiger charge is 2.41. The molecule has 0 amide bonds. The van der Waals surface area contributed by atoms with Crippen LogP contribution in [0.2, 0.25) is 0 Å². The van der Waals surface area contributed by atoms with Crippen LogP contribution in [0.25, 0.3) is 0 Å². The summed E-state index contributed by atoms with van der Waals surface area (Å²) in [5.74, 6) is 1.68. The number of halogens is 1. The standard InChI is InChI=1S/C16H22BrN3O2/c1-18-16(20-14-10-13-5-6-15(14)22-13)19-7-8-21-12-4-2-3-11(17)9-12/h2-4,9,13-15H,5-8,10H2,1H3,(H2,18,19,20). The molecule has 1 aromatic rings. The highest BCUT2D eigenvalue weighted by molar-refractivity contribution is 9.10. The maximum atomic E-state index is 5.85. The number of rotatable bonds is 5. The Hall–Kier alpha value is -1.27. The minimum absolute atomic E-state index is 0.349. The molecule has 3 unspecified atom stereocenters. The molecule has 2 fully saturated rings. The van der Waals surface area contributed by atoms with E-state index in [9.17, 15) is 0 Å². The Balaban J connectivity index is 1.38. The summed E-state index contributed by atoms with van der Waals surface area (Å²) in [4.78, 5) is 4.27. The van der Waals surface area contributed by atoms with Gasteiger partial charge >= 0.3 is 0 Å². The fourth-order valence-corrected chi connectivity index (χ4v) is 3.43. The quantitative estimate of drug-likeness (QED) is 0.476. The van der Waals surface area contributed by atoms with Crippen LogP contribution in [-0.4, -0.2) is 44.4 Å². The van der Waals surface area contributed by atoms with Gasteiger partial charge in [0.1, 0.15) is 12.4 Å². The van der Waals surface area contributed by atoms with E-state index >= 15 is 0 Å². The molecule has 0 spiro atoms. The SMILES string of the molecule is CN=C(NCCOc1cccc(Br)c1)NC1CC2CCC1O2. The van der Waals surface area contributed by atoms with Crippen molar-refractivity contribution in [2.75, 3.05) is 20.2 Å². The normalized spacial score (nSPS) is 27.0. The maximum Gasteiger partial charge on any atom is 0.191 e. The average molecular weight is 368 g/mol. The lowest BCUT2D eigenvalue weighted by Crippen LogP contribution is -2.48. The zero-order valence-electron chi connectivity index (χ0n) is 12.7. The molecule has 2 N–H and O–H groups in total. The molecule has 2 aliphatic heterocycles. The number of nitrogens with one attached hydrogen (secondary N) is 2. The number of hydrogen-bond acceptors (Lipinski definition) is 3. The van der Waals surface area contributed by atoms with Crippen molar-refractivity contribution in [1.29, 1.82) is 0 Å².